The molecule has 0 aromatic carbocycles. The highest BCUT2D eigenvalue weighted by Crippen LogP contribution is 2.20. The van der Waals surface area contributed by atoms with E-state index in [0.717, 1.165) is 26.1 Å². The Hall–Kier alpha value is -1.09. The van der Waals surface area contributed by atoms with Crippen LogP contribution in [0.25, 0.3) is 0 Å². The van der Waals surface area contributed by atoms with Crippen molar-refractivity contribution in [1.29, 1.82) is 0 Å². The summed E-state index contributed by atoms with van der Waals surface area (Å²) in [6.07, 6.45) is 49.2. The van der Waals surface area contributed by atoms with Crippen LogP contribution in [-0.2, 0) is 0 Å². The van der Waals surface area contributed by atoms with Crippen molar-refractivity contribution in [2.45, 2.75) is 220 Å². The molecule has 1 aliphatic rings. The van der Waals surface area contributed by atoms with Gasteiger partial charge >= 0.3 is 0 Å². The highest BCUT2D eigenvalue weighted by atomic mass is 15.4. The van der Waals surface area contributed by atoms with Gasteiger partial charge in [-0.3, -0.25) is 10.3 Å². The molecule has 264 valence electrons. The highest BCUT2D eigenvalue weighted by molar-refractivity contribution is 5.84. The molecule has 1 heterocycles. The van der Waals surface area contributed by atoms with Gasteiger partial charge in [-0.25, -0.2) is 0 Å². The first-order valence-corrected chi connectivity index (χ1v) is 20.5. The van der Waals surface area contributed by atoms with E-state index in [2.05, 4.69) is 62.2 Å². The molecule has 0 radical (unpaired) electrons. The third kappa shape index (κ3) is 25.7. The van der Waals surface area contributed by atoms with E-state index in [1.807, 2.05) is 0 Å². The lowest BCUT2D eigenvalue weighted by molar-refractivity contribution is 0.177. The number of hydrogen-bond acceptors (Lipinski definition) is 3. The Labute approximate surface area is 284 Å². The minimum Gasteiger partial charge on any atom is -0.341 e. The van der Waals surface area contributed by atoms with E-state index in [1.165, 1.54) is 186 Å². The van der Waals surface area contributed by atoms with Gasteiger partial charge in [0.15, 0.2) is 0 Å². The van der Waals surface area contributed by atoms with Crippen LogP contribution in [0, 0.1) is 0 Å². The maximum atomic E-state index is 4.91. The van der Waals surface area contributed by atoms with Crippen LogP contribution in [0.15, 0.2) is 29.3 Å². The van der Waals surface area contributed by atoms with Crippen LogP contribution in [0.2, 0.25) is 0 Å². The molecule has 0 atom stereocenters. The first kappa shape index (κ1) is 41.9. The molecule has 3 heteroatoms. The molecule has 1 N–H and O–H groups in total. The lowest BCUT2D eigenvalue weighted by Crippen LogP contribution is -2.56. The molecule has 45 heavy (non-hydrogen) atoms. The van der Waals surface area contributed by atoms with E-state index >= 15 is 0 Å². The van der Waals surface area contributed by atoms with Gasteiger partial charge in [0.05, 0.1) is 12.2 Å². The van der Waals surface area contributed by atoms with Gasteiger partial charge in [-0.1, -0.05) is 154 Å². The Kier molecular flexibility index (Phi) is 29.4. The second kappa shape index (κ2) is 31.5. The maximum Gasteiger partial charge on any atom is 0.100 e. The third-order valence-corrected chi connectivity index (χ3v) is 9.76. The number of amidine groups is 1. The predicted molar refractivity (Wildman–Crippen MR) is 205 cm³/mol. The summed E-state index contributed by atoms with van der Waals surface area (Å²) in [5.74, 6) is 1.35. The summed E-state index contributed by atoms with van der Waals surface area (Å²) < 4.78 is 0. The Morgan fingerprint density at radius 2 is 0.911 bits per heavy atom. The third-order valence-electron chi connectivity index (χ3n) is 9.76. The Morgan fingerprint density at radius 1 is 0.533 bits per heavy atom. The van der Waals surface area contributed by atoms with E-state index < -0.39 is 0 Å². The molecule has 3 nitrogen and oxygen atoms in total. The standard InChI is InChI=1S/C42H81N3/c1-5-7-9-11-13-15-17-19-21-23-25-27-29-31-33-35-37-41-43-39-40-45(41)42(3,4)44-38-36-34-32-30-28-26-24-22-20-18-16-14-12-10-8-6-2/h19-22,44H,5-18,23-40H2,1-4H3/b21-19-,22-20-. The topological polar surface area (TPSA) is 27.6 Å². The molecule has 0 amide bonds. The average Bonchev–Trinajstić information content (AvgIpc) is 3.52. The summed E-state index contributed by atoms with van der Waals surface area (Å²) in [7, 11) is 0. The fourth-order valence-electron chi connectivity index (χ4n) is 6.70. The summed E-state index contributed by atoms with van der Waals surface area (Å²) >= 11 is 0. The maximum absolute atomic E-state index is 4.91. The van der Waals surface area contributed by atoms with Crippen molar-refractivity contribution in [2.75, 3.05) is 19.6 Å². The second-order valence-corrected chi connectivity index (χ2v) is 14.6. The van der Waals surface area contributed by atoms with Crippen LogP contribution in [-0.4, -0.2) is 36.0 Å². The first-order chi connectivity index (χ1) is 22.1. The normalized spacial score (nSPS) is 14.0. The molecule has 0 unspecified atom stereocenters. The van der Waals surface area contributed by atoms with E-state index in [-0.39, 0.29) is 5.66 Å². The van der Waals surface area contributed by atoms with Crippen LogP contribution in [0.4, 0.5) is 0 Å². The molecular formula is C42H81N3. The molecule has 0 saturated carbocycles. The van der Waals surface area contributed by atoms with Gasteiger partial charge in [-0.05, 0) is 84.6 Å². The minimum absolute atomic E-state index is 0.0136. The average molecular weight is 628 g/mol. The van der Waals surface area contributed by atoms with E-state index in [9.17, 15) is 0 Å². The fourth-order valence-corrected chi connectivity index (χ4v) is 6.70. The van der Waals surface area contributed by atoms with Crippen molar-refractivity contribution < 1.29 is 0 Å². The minimum atomic E-state index is 0.0136. The quantitative estimate of drug-likeness (QED) is 0.0568. The molecule has 0 aromatic heterocycles. The van der Waals surface area contributed by atoms with Crippen molar-refractivity contribution in [2.24, 2.45) is 4.99 Å². The number of nitrogens with zero attached hydrogens (tertiary/aromatic N) is 2. The van der Waals surface area contributed by atoms with Gasteiger partial charge < -0.3 is 4.90 Å². The Morgan fingerprint density at radius 3 is 1.36 bits per heavy atom. The lowest BCUT2D eigenvalue weighted by atomic mass is 10.1. The van der Waals surface area contributed by atoms with Crippen LogP contribution >= 0.6 is 0 Å². The van der Waals surface area contributed by atoms with Gasteiger partial charge in [0.25, 0.3) is 0 Å². The second-order valence-electron chi connectivity index (χ2n) is 14.6. The number of aliphatic imine (C=N–C) groups is 1. The lowest BCUT2D eigenvalue weighted by Gasteiger charge is -2.39. The number of allylic oxidation sites excluding steroid dienone is 4. The van der Waals surface area contributed by atoms with Crippen molar-refractivity contribution in [1.82, 2.24) is 10.2 Å². The zero-order valence-electron chi connectivity index (χ0n) is 31.3. The largest absolute Gasteiger partial charge is 0.341 e. The van der Waals surface area contributed by atoms with Crippen molar-refractivity contribution in [3.8, 4) is 0 Å². The molecule has 1 aliphatic heterocycles. The SMILES string of the molecule is CCCCCCCC/C=C\CCCCCCCCNC(C)(C)N1CCN=C1CCCCCCCC/C=C\CCCCCCCC. The van der Waals surface area contributed by atoms with Crippen LogP contribution in [0.1, 0.15) is 214 Å². The summed E-state index contributed by atoms with van der Waals surface area (Å²) in [6, 6.07) is 0. The van der Waals surface area contributed by atoms with Crippen molar-refractivity contribution >= 4 is 5.84 Å². The van der Waals surface area contributed by atoms with Crippen molar-refractivity contribution in [3.05, 3.63) is 24.3 Å². The summed E-state index contributed by atoms with van der Waals surface area (Å²) in [5.41, 5.74) is 0.0136. The monoisotopic (exact) mass is 628 g/mol. The number of nitrogens with one attached hydrogen (secondary N) is 1. The van der Waals surface area contributed by atoms with Gasteiger partial charge in [-0.2, -0.15) is 0 Å². The summed E-state index contributed by atoms with van der Waals surface area (Å²) in [4.78, 5) is 7.47. The molecule has 0 aliphatic carbocycles. The Balaban J connectivity index is 1.95. The van der Waals surface area contributed by atoms with Gasteiger partial charge in [0, 0.05) is 13.0 Å². The highest BCUT2D eigenvalue weighted by Gasteiger charge is 2.30. The summed E-state index contributed by atoms with van der Waals surface area (Å²) in [6.45, 7) is 12.5. The molecular weight excluding hydrogens is 546 g/mol. The van der Waals surface area contributed by atoms with E-state index in [0.29, 0.717) is 0 Å². The van der Waals surface area contributed by atoms with Crippen LogP contribution in [0.3, 0.4) is 0 Å². The Bertz CT molecular complexity index is 707. The van der Waals surface area contributed by atoms with Crippen LogP contribution < -0.4 is 5.32 Å². The van der Waals surface area contributed by atoms with Gasteiger partial charge in [-0.15, -0.1) is 0 Å². The fraction of sp³-hybridized carbons (Fsp3) is 0.881. The molecule has 0 saturated heterocycles. The smallest absolute Gasteiger partial charge is 0.100 e. The van der Waals surface area contributed by atoms with Crippen molar-refractivity contribution in [3.63, 3.8) is 0 Å². The molecule has 0 fully saturated rings. The molecule has 0 bridgehead atoms. The first-order valence-electron chi connectivity index (χ1n) is 20.5. The number of rotatable bonds is 34. The zero-order chi connectivity index (χ0) is 32.5. The zero-order valence-corrected chi connectivity index (χ0v) is 31.3. The van der Waals surface area contributed by atoms with E-state index in [4.69, 9.17) is 4.99 Å². The summed E-state index contributed by atoms with van der Waals surface area (Å²) in [5, 5.41) is 3.87. The van der Waals surface area contributed by atoms with Gasteiger partial charge in [0.1, 0.15) is 5.84 Å². The predicted octanol–water partition coefficient (Wildman–Crippen LogP) is 13.5. The molecule has 1 rings (SSSR count). The van der Waals surface area contributed by atoms with Crippen LogP contribution in [0.5, 0.6) is 0 Å². The number of unbranched alkanes of at least 4 members (excludes halogenated alkanes) is 24. The molecule has 0 aromatic rings. The molecule has 0 spiro atoms. The van der Waals surface area contributed by atoms with Gasteiger partial charge in [0.2, 0.25) is 0 Å². The van der Waals surface area contributed by atoms with E-state index in [1.54, 1.807) is 0 Å². The number of hydrogen-bond donors (Lipinski definition) is 1.